The van der Waals surface area contributed by atoms with Crippen molar-refractivity contribution >= 4 is 21.7 Å². The molecule has 1 rings (SSSR count). The molecule has 9 heteroatoms. The lowest BCUT2D eigenvalue weighted by atomic mass is 10.2. The summed E-state index contributed by atoms with van der Waals surface area (Å²) in [5.74, 6) is -6.80. The molecule has 0 unspecified atom stereocenters. The van der Waals surface area contributed by atoms with Crippen LogP contribution in [0.4, 0.5) is 8.78 Å². The molecule has 1 aromatic carbocycles. The molecule has 0 spiro atoms. The molecule has 1 amide bonds. The van der Waals surface area contributed by atoms with Crippen LogP contribution >= 0.6 is 0 Å². The Labute approximate surface area is 119 Å². The van der Waals surface area contributed by atoms with Crippen LogP contribution in [0.5, 0.6) is 0 Å². The van der Waals surface area contributed by atoms with Crippen molar-refractivity contribution in [1.82, 2.24) is 4.90 Å². The lowest BCUT2D eigenvalue weighted by Gasteiger charge is -2.14. The van der Waals surface area contributed by atoms with E-state index in [4.69, 9.17) is 5.11 Å². The number of benzene rings is 1. The quantitative estimate of drug-likeness (QED) is 0.870. The highest BCUT2D eigenvalue weighted by atomic mass is 32.2. The highest BCUT2D eigenvalue weighted by Gasteiger charge is 2.28. The number of carboxylic acid groups (broad SMARTS) is 1. The molecule has 0 aliphatic carbocycles. The SMILES string of the molecule is CCN(C)C(=O)CS(=O)(=O)c1cc(C(=O)O)cc(F)c1F. The van der Waals surface area contributed by atoms with Crippen LogP contribution < -0.4 is 0 Å². The predicted octanol–water partition coefficient (Wildman–Crippen LogP) is 0.915. The van der Waals surface area contributed by atoms with E-state index >= 15 is 0 Å². The van der Waals surface area contributed by atoms with Crippen molar-refractivity contribution in [2.24, 2.45) is 0 Å². The number of hydrogen-bond acceptors (Lipinski definition) is 4. The first-order valence-corrected chi connectivity index (χ1v) is 7.44. The number of sulfone groups is 1. The van der Waals surface area contributed by atoms with Crippen LogP contribution in [-0.4, -0.2) is 49.6 Å². The normalized spacial score (nSPS) is 11.2. The molecule has 0 radical (unpaired) electrons. The van der Waals surface area contributed by atoms with E-state index in [2.05, 4.69) is 0 Å². The molecule has 21 heavy (non-hydrogen) atoms. The topological polar surface area (TPSA) is 91.8 Å². The van der Waals surface area contributed by atoms with Gasteiger partial charge in [-0.2, -0.15) is 0 Å². The van der Waals surface area contributed by atoms with Gasteiger partial charge in [0.1, 0.15) is 10.6 Å². The lowest BCUT2D eigenvalue weighted by Crippen LogP contribution is -2.32. The maximum atomic E-state index is 13.6. The smallest absolute Gasteiger partial charge is 0.335 e. The van der Waals surface area contributed by atoms with E-state index in [0.29, 0.717) is 12.1 Å². The van der Waals surface area contributed by atoms with Crippen molar-refractivity contribution in [3.63, 3.8) is 0 Å². The molecule has 0 bridgehead atoms. The maximum Gasteiger partial charge on any atom is 0.335 e. The number of rotatable bonds is 5. The molecule has 0 fully saturated rings. The summed E-state index contributed by atoms with van der Waals surface area (Å²) in [6, 6.07) is 0.867. The standard InChI is InChI=1S/C12H13F2NO5S/c1-3-15(2)10(16)6-21(19,20)9-5-7(12(17)18)4-8(13)11(9)14/h4-5H,3,6H2,1-2H3,(H,17,18). The van der Waals surface area contributed by atoms with Gasteiger partial charge in [0.2, 0.25) is 5.91 Å². The Kier molecular flexibility index (Phi) is 5.00. The van der Waals surface area contributed by atoms with Gasteiger partial charge < -0.3 is 10.0 Å². The summed E-state index contributed by atoms with van der Waals surface area (Å²) in [5.41, 5.74) is -0.719. The van der Waals surface area contributed by atoms with Gasteiger partial charge in [0, 0.05) is 13.6 Å². The van der Waals surface area contributed by atoms with Crippen molar-refractivity contribution in [2.45, 2.75) is 11.8 Å². The third kappa shape index (κ3) is 3.75. The van der Waals surface area contributed by atoms with E-state index in [9.17, 15) is 26.8 Å². The molecule has 0 aliphatic heterocycles. The first-order valence-electron chi connectivity index (χ1n) is 5.79. The Bertz CT molecular complexity index is 687. The molecule has 0 atom stereocenters. The first-order chi connectivity index (χ1) is 9.60. The Hall–Kier alpha value is -2.03. The average molecular weight is 321 g/mol. The highest BCUT2D eigenvalue weighted by Crippen LogP contribution is 2.21. The fourth-order valence-electron chi connectivity index (χ4n) is 1.44. The number of aromatic carboxylic acids is 1. The summed E-state index contributed by atoms with van der Waals surface area (Å²) in [5, 5.41) is 8.74. The van der Waals surface area contributed by atoms with Gasteiger partial charge in [-0.25, -0.2) is 22.0 Å². The number of carbonyl (C=O) groups is 2. The zero-order chi connectivity index (χ0) is 16.4. The molecular formula is C12H13F2NO5S. The number of carboxylic acids is 1. The van der Waals surface area contributed by atoms with E-state index in [1.807, 2.05) is 0 Å². The summed E-state index contributed by atoms with van der Waals surface area (Å²) in [6.07, 6.45) is 0. The molecular weight excluding hydrogens is 308 g/mol. The van der Waals surface area contributed by atoms with Gasteiger partial charge in [-0.05, 0) is 19.1 Å². The minimum absolute atomic E-state index is 0.236. The number of amides is 1. The van der Waals surface area contributed by atoms with Crippen molar-refractivity contribution < 1.29 is 31.9 Å². The van der Waals surface area contributed by atoms with Crippen LogP contribution in [0, 0.1) is 11.6 Å². The van der Waals surface area contributed by atoms with Gasteiger partial charge >= 0.3 is 5.97 Å². The lowest BCUT2D eigenvalue weighted by molar-refractivity contribution is -0.126. The summed E-state index contributed by atoms with van der Waals surface area (Å²) < 4.78 is 50.8. The van der Waals surface area contributed by atoms with Gasteiger partial charge in [0.25, 0.3) is 0 Å². The largest absolute Gasteiger partial charge is 0.478 e. The molecule has 6 nitrogen and oxygen atoms in total. The Morgan fingerprint density at radius 2 is 1.86 bits per heavy atom. The molecule has 0 saturated carbocycles. The fraction of sp³-hybridized carbons (Fsp3) is 0.333. The van der Waals surface area contributed by atoms with E-state index in [1.54, 1.807) is 6.92 Å². The molecule has 1 aromatic rings. The second-order valence-corrected chi connectivity index (χ2v) is 6.20. The molecule has 0 aliphatic rings. The van der Waals surface area contributed by atoms with Crippen LogP contribution in [0.3, 0.4) is 0 Å². The van der Waals surface area contributed by atoms with Crippen LogP contribution in [0.2, 0.25) is 0 Å². The third-order valence-electron chi connectivity index (χ3n) is 2.79. The summed E-state index contributed by atoms with van der Waals surface area (Å²) >= 11 is 0. The van der Waals surface area contributed by atoms with E-state index in [-0.39, 0.29) is 6.54 Å². The van der Waals surface area contributed by atoms with Crippen molar-refractivity contribution in [2.75, 3.05) is 19.3 Å². The van der Waals surface area contributed by atoms with E-state index < -0.39 is 49.6 Å². The van der Waals surface area contributed by atoms with Crippen LogP contribution in [0.15, 0.2) is 17.0 Å². The highest BCUT2D eigenvalue weighted by molar-refractivity contribution is 7.92. The van der Waals surface area contributed by atoms with Gasteiger partial charge in [-0.3, -0.25) is 4.79 Å². The van der Waals surface area contributed by atoms with Crippen LogP contribution in [-0.2, 0) is 14.6 Å². The number of nitrogens with zero attached hydrogens (tertiary/aromatic N) is 1. The van der Waals surface area contributed by atoms with Crippen molar-refractivity contribution in [3.8, 4) is 0 Å². The van der Waals surface area contributed by atoms with Gasteiger partial charge in [-0.1, -0.05) is 0 Å². The van der Waals surface area contributed by atoms with Gasteiger partial charge in [0.15, 0.2) is 21.5 Å². The number of carbonyl (C=O) groups excluding carboxylic acids is 1. The second kappa shape index (κ2) is 6.17. The molecule has 0 aromatic heterocycles. The Balaban J connectivity index is 3.31. The number of hydrogen-bond donors (Lipinski definition) is 1. The maximum absolute atomic E-state index is 13.6. The van der Waals surface area contributed by atoms with E-state index in [0.717, 1.165) is 4.90 Å². The minimum atomic E-state index is -4.49. The third-order valence-corrected chi connectivity index (χ3v) is 4.38. The summed E-state index contributed by atoms with van der Waals surface area (Å²) in [6.45, 7) is 1.84. The zero-order valence-electron chi connectivity index (χ0n) is 11.3. The van der Waals surface area contributed by atoms with Gasteiger partial charge in [0.05, 0.1) is 5.56 Å². The van der Waals surface area contributed by atoms with Crippen LogP contribution in [0.1, 0.15) is 17.3 Å². The summed E-state index contributed by atoms with van der Waals surface area (Å²) in [4.78, 5) is 22.3. The molecule has 0 saturated heterocycles. The first kappa shape index (κ1) is 17.0. The molecule has 1 N–H and O–H groups in total. The average Bonchev–Trinajstić information content (AvgIpc) is 2.39. The fourth-order valence-corrected chi connectivity index (χ4v) is 2.82. The van der Waals surface area contributed by atoms with E-state index in [1.165, 1.54) is 7.05 Å². The van der Waals surface area contributed by atoms with Crippen LogP contribution in [0.25, 0.3) is 0 Å². The zero-order valence-corrected chi connectivity index (χ0v) is 12.1. The second-order valence-electron chi connectivity index (χ2n) is 4.24. The minimum Gasteiger partial charge on any atom is -0.478 e. The van der Waals surface area contributed by atoms with Crippen molar-refractivity contribution in [1.29, 1.82) is 0 Å². The Morgan fingerprint density at radius 3 is 2.33 bits per heavy atom. The van der Waals surface area contributed by atoms with Gasteiger partial charge in [-0.15, -0.1) is 0 Å². The monoisotopic (exact) mass is 321 g/mol. The molecule has 0 heterocycles. The molecule has 116 valence electrons. The van der Waals surface area contributed by atoms with Crippen molar-refractivity contribution in [3.05, 3.63) is 29.3 Å². The predicted molar refractivity (Wildman–Crippen MR) is 68.7 cm³/mol. The summed E-state index contributed by atoms with van der Waals surface area (Å²) in [7, 11) is -3.14. The Morgan fingerprint density at radius 1 is 1.29 bits per heavy atom. The number of halogens is 2.